The summed E-state index contributed by atoms with van der Waals surface area (Å²) in [6.07, 6.45) is 4.23. The molecule has 0 radical (unpaired) electrons. The summed E-state index contributed by atoms with van der Waals surface area (Å²) >= 11 is 0. The van der Waals surface area contributed by atoms with E-state index in [0.29, 0.717) is 11.4 Å². The van der Waals surface area contributed by atoms with Gasteiger partial charge in [0.25, 0.3) is 15.9 Å². The van der Waals surface area contributed by atoms with Crippen molar-refractivity contribution in [3.63, 3.8) is 0 Å². The van der Waals surface area contributed by atoms with Crippen molar-refractivity contribution in [2.75, 3.05) is 29.1 Å². The fourth-order valence-electron chi connectivity index (χ4n) is 3.50. The van der Waals surface area contributed by atoms with Gasteiger partial charge >= 0.3 is 5.97 Å². The zero-order chi connectivity index (χ0) is 22.4. The van der Waals surface area contributed by atoms with E-state index in [2.05, 4.69) is 9.71 Å². The largest absolute Gasteiger partial charge is 0.452 e. The molecule has 1 aromatic rings. The number of hydrogen-bond donors (Lipinski definition) is 1. The monoisotopic (exact) mass is 444 g/mol. The average Bonchev–Trinajstić information content (AvgIpc) is 2.71. The van der Waals surface area contributed by atoms with Crippen LogP contribution in [0.4, 0.5) is 11.4 Å². The molecule has 0 unspecified atom stereocenters. The molecule has 4 rings (SSSR count). The zero-order valence-electron chi connectivity index (χ0n) is 16.9. The average molecular weight is 444 g/mol. The van der Waals surface area contributed by atoms with Gasteiger partial charge in [0.2, 0.25) is 5.91 Å². The summed E-state index contributed by atoms with van der Waals surface area (Å²) < 4.78 is 32.0. The molecule has 0 bridgehead atoms. The number of fused-ring (bicyclic) bond motifs is 2. The molecule has 3 aliphatic heterocycles. The number of anilines is 2. The van der Waals surface area contributed by atoms with Crippen LogP contribution in [0, 0.1) is 0 Å². The molecule has 2 amide bonds. The van der Waals surface area contributed by atoms with Crippen molar-refractivity contribution in [2.45, 2.75) is 19.4 Å². The number of benzene rings is 1. The number of carbonyl (C=O) groups is 3. The van der Waals surface area contributed by atoms with Gasteiger partial charge in [-0.3, -0.25) is 14.5 Å². The highest BCUT2D eigenvalue weighted by atomic mass is 32.2. The highest BCUT2D eigenvalue weighted by Gasteiger charge is 2.43. The van der Waals surface area contributed by atoms with E-state index >= 15 is 0 Å². The third-order valence-corrected chi connectivity index (χ3v) is 6.31. The minimum Gasteiger partial charge on any atom is -0.452 e. The third-order valence-electron chi connectivity index (χ3n) is 5.14. The Hall–Kier alpha value is -3.47. The Kier molecular flexibility index (Phi) is 4.92. The molecule has 0 fully saturated rings. The van der Waals surface area contributed by atoms with Crippen LogP contribution in [0.1, 0.15) is 13.8 Å². The first-order valence-electron chi connectivity index (χ1n) is 9.48. The molecule has 0 saturated heterocycles. The predicted molar refractivity (Wildman–Crippen MR) is 113 cm³/mol. The third kappa shape index (κ3) is 3.83. The summed E-state index contributed by atoms with van der Waals surface area (Å²) in [5, 5.41) is 2.77. The number of sulfonamides is 1. The van der Waals surface area contributed by atoms with E-state index in [-0.39, 0.29) is 29.6 Å². The minimum atomic E-state index is -3.50. The second-order valence-corrected chi connectivity index (χ2v) is 9.44. The smallest absolute Gasteiger partial charge is 0.340 e. The van der Waals surface area contributed by atoms with Crippen LogP contribution >= 0.6 is 0 Å². The molecule has 162 valence electrons. The van der Waals surface area contributed by atoms with Crippen LogP contribution in [0.3, 0.4) is 0 Å². The van der Waals surface area contributed by atoms with Crippen molar-refractivity contribution in [1.29, 1.82) is 0 Å². The number of carbonyl (C=O) groups excluding carboxylic acids is 3. The lowest BCUT2D eigenvalue weighted by Crippen LogP contribution is -2.59. The number of para-hydroxylation sites is 2. The number of amides is 2. The molecule has 3 aliphatic rings. The van der Waals surface area contributed by atoms with Gasteiger partial charge in [-0.1, -0.05) is 12.1 Å². The molecule has 0 atom stereocenters. The fourth-order valence-corrected chi connectivity index (χ4v) is 4.46. The van der Waals surface area contributed by atoms with Crippen molar-refractivity contribution >= 4 is 45.0 Å². The van der Waals surface area contributed by atoms with Crippen LogP contribution in [0.25, 0.3) is 0 Å². The van der Waals surface area contributed by atoms with E-state index in [1.165, 1.54) is 28.2 Å². The molecule has 0 spiro atoms. The van der Waals surface area contributed by atoms with Crippen LogP contribution in [0.2, 0.25) is 0 Å². The van der Waals surface area contributed by atoms with Crippen LogP contribution in [-0.2, 0) is 29.1 Å². The zero-order valence-corrected chi connectivity index (χ0v) is 17.7. The van der Waals surface area contributed by atoms with Gasteiger partial charge in [-0.25, -0.2) is 13.2 Å². The van der Waals surface area contributed by atoms with Gasteiger partial charge in [-0.2, -0.15) is 0 Å². The first-order chi connectivity index (χ1) is 14.6. The SMILES string of the molecule is CC1(C)C(=O)Nc2ccccc2N1C(=O)COC(=O)C1=CN2CCS(=O)(=O)N=C2C=C1. The molecular weight excluding hydrogens is 424 g/mol. The Morgan fingerprint density at radius 2 is 1.97 bits per heavy atom. The number of rotatable bonds is 3. The van der Waals surface area contributed by atoms with Gasteiger partial charge in [-0.15, -0.1) is 4.40 Å². The summed E-state index contributed by atoms with van der Waals surface area (Å²) in [7, 11) is -3.50. The Labute approximate surface area is 178 Å². The maximum atomic E-state index is 12.9. The van der Waals surface area contributed by atoms with Crippen molar-refractivity contribution in [2.24, 2.45) is 4.40 Å². The second-order valence-electron chi connectivity index (χ2n) is 7.68. The van der Waals surface area contributed by atoms with Crippen molar-refractivity contribution in [3.05, 3.63) is 48.2 Å². The highest BCUT2D eigenvalue weighted by Crippen LogP contribution is 2.36. The van der Waals surface area contributed by atoms with Crippen molar-refractivity contribution < 1.29 is 27.5 Å². The molecular formula is C20H20N4O6S. The quantitative estimate of drug-likeness (QED) is 0.683. The van der Waals surface area contributed by atoms with E-state index in [9.17, 15) is 22.8 Å². The van der Waals surface area contributed by atoms with Gasteiger partial charge in [0.15, 0.2) is 6.61 Å². The summed E-state index contributed by atoms with van der Waals surface area (Å²) in [5.74, 6) is -1.59. The Morgan fingerprint density at radius 3 is 2.74 bits per heavy atom. The van der Waals surface area contributed by atoms with Gasteiger partial charge < -0.3 is 15.0 Å². The molecule has 0 aromatic heterocycles. The first-order valence-corrected chi connectivity index (χ1v) is 11.1. The van der Waals surface area contributed by atoms with Crippen LogP contribution in [0.15, 0.2) is 52.6 Å². The molecule has 10 nitrogen and oxygen atoms in total. The van der Waals surface area contributed by atoms with Crippen molar-refractivity contribution in [1.82, 2.24) is 4.90 Å². The number of amidine groups is 1. The number of ether oxygens (including phenoxy) is 1. The lowest BCUT2D eigenvalue weighted by Gasteiger charge is -2.41. The molecule has 11 heteroatoms. The molecule has 3 heterocycles. The lowest BCUT2D eigenvalue weighted by atomic mass is 9.96. The van der Waals surface area contributed by atoms with E-state index in [1.807, 2.05) is 0 Å². The highest BCUT2D eigenvalue weighted by molar-refractivity contribution is 7.90. The fraction of sp³-hybridized carbons (Fsp3) is 0.300. The van der Waals surface area contributed by atoms with E-state index < -0.39 is 34.0 Å². The summed E-state index contributed by atoms with van der Waals surface area (Å²) in [6, 6.07) is 6.87. The Morgan fingerprint density at radius 1 is 1.23 bits per heavy atom. The summed E-state index contributed by atoms with van der Waals surface area (Å²) in [4.78, 5) is 40.7. The van der Waals surface area contributed by atoms with Crippen LogP contribution in [-0.4, -0.2) is 61.4 Å². The first kappa shape index (κ1) is 20.8. The normalized spacial score (nSPS) is 20.6. The predicted octanol–water partition coefficient (Wildman–Crippen LogP) is 0.791. The number of esters is 1. The van der Waals surface area contributed by atoms with Crippen molar-refractivity contribution in [3.8, 4) is 0 Å². The van der Waals surface area contributed by atoms with Gasteiger partial charge in [0.1, 0.15) is 11.4 Å². The number of nitrogens with one attached hydrogen (secondary N) is 1. The molecule has 31 heavy (non-hydrogen) atoms. The summed E-state index contributed by atoms with van der Waals surface area (Å²) in [5.41, 5.74) is -0.00864. The van der Waals surface area contributed by atoms with Crippen LogP contribution < -0.4 is 10.2 Å². The minimum absolute atomic E-state index is 0.155. The topological polar surface area (TPSA) is 125 Å². The van der Waals surface area contributed by atoms with Gasteiger partial charge in [0.05, 0.1) is 22.7 Å². The van der Waals surface area contributed by atoms with Gasteiger partial charge in [-0.05, 0) is 38.1 Å². The Bertz CT molecular complexity index is 1180. The maximum absolute atomic E-state index is 12.9. The number of hydrogen-bond acceptors (Lipinski definition) is 7. The van der Waals surface area contributed by atoms with E-state index in [4.69, 9.17) is 4.74 Å². The van der Waals surface area contributed by atoms with E-state index in [0.717, 1.165) is 0 Å². The van der Waals surface area contributed by atoms with Crippen LogP contribution in [0.5, 0.6) is 0 Å². The number of nitrogens with zero attached hydrogens (tertiary/aromatic N) is 3. The molecule has 0 aliphatic carbocycles. The molecule has 0 saturated carbocycles. The lowest BCUT2D eigenvalue weighted by molar-refractivity contribution is -0.144. The molecule has 1 N–H and O–H groups in total. The maximum Gasteiger partial charge on any atom is 0.340 e. The Balaban J connectivity index is 1.48. The van der Waals surface area contributed by atoms with Gasteiger partial charge in [0, 0.05) is 12.7 Å². The van der Waals surface area contributed by atoms with E-state index in [1.54, 1.807) is 38.1 Å². The standard InChI is InChI=1S/C20H20N4O6S/c1-20(2)19(27)21-14-5-3-4-6-15(14)24(20)17(25)12-30-18(26)13-7-8-16-22-31(28,29)10-9-23(16)11-13/h3-8,11H,9-10,12H2,1-2H3,(H,21,27). The second kappa shape index (κ2) is 7.34. The summed E-state index contributed by atoms with van der Waals surface area (Å²) in [6.45, 7) is 2.81. The molecule has 1 aromatic carbocycles.